The highest BCUT2D eigenvalue weighted by Gasteiger charge is 2.29. The first kappa shape index (κ1) is 29.9. The third-order valence-electron chi connectivity index (χ3n) is 6.22. The second-order valence-corrected chi connectivity index (χ2v) is 9.82. The number of fused-ring (bicyclic) bond motifs is 1. The maximum absolute atomic E-state index is 12.8. The van der Waals surface area contributed by atoms with Crippen LogP contribution in [-0.4, -0.2) is 30.4 Å². The molecule has 0 bridgehead atoms. The van der Waals surface area contributed by atoms with Crippen LogP contribution in [0.25, 0.3) is 17.0 Å². The van der Waals surface area contributed by atoms with E-state index in [4.69, 9.17) is 27.9 Å². The molecule has 6 nitrogen and oxygen atoms in total. The summed E-state index contributed by atoms with van der Waals surface area (Å²) in [6, 6.07) is 17.1. The standard InChI is InChI=1S/C30H24Cl2F3N3O3/c1-18-26(15-20-5-3-4-6-24(20)37-18)41-17-22-23(31)12-13-25(29(22)32)38(2)28(40)16-36-27(39)14-9-19-7-10-21(11-8-19)30(33,34)35/h3-15H,16-17H2,1-2H3,(H,36,39)/b14-9+. The van der Waals surface area contributed by atoms with Crippen LogP contribution in [0.15, 0.2) is 72.8 Å². The Morgan fingerprint density at radius 2 is 1.76 bits per heavy atom. The van der Waals surface area contributed by atoms with E-state index >= 15 is 0 Å². The number of nitrogens with one attached hydrogen (secondary N) is 1. The highest BCUT2D eigenvalue weighted by atomic mass is 35.5. The van der Waals surface area contributed by atoms with Crippen molar-refractivity contribution in [1.82, 2.24) is 10.3 Å². The SMILES string of the molecule is Cc1nc2ccccc2cc1OCc1c(Cl)ccc(N(C)C(=O)CNC(=O)/C=C/c2ccc(C(F)(F)F)cc2)c1Cl. The number of ether oxygens (including phenoxy) is 1. The number of hydrogen-bond acceptors (Lipinski definition) is 4. The summed E-state index contributed by atoms with van der Waals surface area (Å²) in [6.07, 6.45) is -1.97. The summed E-state index contributed by atoms with van der Waals surface area (Å²) in [7, 11) is 1.50. The van der Waals surface area contributed by atoms with Crippen molar-refractivity contribution in [3.63, 3.8) is 0 Å². The van der Waals surface area contributed by atoms with Crippen LogP contribution in [0, 0.1) is 6.92 Å². The van der Waals surface area contributed by atoms with Crippen molar-refractivity contribution < 1.29 is 27.5 Å². The second-order valence-electron chi connectivity index (χ2n) is 9.04. The number of likely N-dealkylation sites (N-methyl/N-ethyl adjacent to an activating group) is 1. The lowest BCUT2D eigenvalue weighted by atomic mass is 10.1. The average molecular weight is 602 g/mol. The van der Waals surface area contributed by atoms with Crippen LogP contribution in [0.3, 0.4) is 0 Å². The molecule has 2 amide bonds. The van der Waals surface area contributed by atoms with Crippen molar-refractivity contribution in [2.45, 2.75) is 19.7 Å². The minimum atomic E-state index is -4.44. The summed E-state index contributed by atoms with van der Waals surface area (Å²) in [5.41, 5.74) is 1.99. The number of anilines is 1. The molecule has 1 aromatic heterocycles. The number of carbonyl (C=O) groups excluding carboxylic acids is 2. The molecule has 0 atom stereocenters. The molecule has 4 aromatic rings. The van der Waals surface area contributed by atoms with Gasteiger partial charge in [0.1, 0.15) is 12.4 Å². The summed E-state index contributed by atoms with van der Waals surface area (Å²) in [6.45, 7) is 1.51. The lowest BCUT2D eigenvalue weighted by Crippen LogP contribution is -2.37. The summed E-state index contributed by atoms with van der Waals surface area (Å²) in [5.74, 6) is -0.494. The van der Waals surface area contributed by atoms with Crippen molar-refractivity contribution >= 4 is 57.7 Å². The molecule has 41 heavy (non-hydrogen) atoms. The molecule has 1 heterocycles. The molecule has 4 rings (SSSR count). The van der Waals surface area contributed by atoms with E-state index in [2.05, 4.69) is 10.3 Å². The molecule has 0 radical (unpaired) electrons. The Morgan fingerprint density at radius 3 is 2.46 bits per heavy atom. The number of halogens is 5. The van der Waals surface area contributed by atoms with Crippen LogP contribution in [0.4, 0.5) is 18.9 Å². The maximum Gasteiger partial charge on any atom is 0.416 e. The van der Waals surface area contributed by atoms with E-state index in [1.54, 1.807) is 12.1 Å². The van der Waals surface area contributed by atoms with Crippen LogP contribution in [0.2, 0.25) is 10.0 Å². The maximum atomic E-state index is 12.8. The predicted molar refractivity (Wildman–Crippen MR) is 154 cm³/mol. The van der Waals surface area contributed by atoms with Crippen LogP contribution >= 0.6 is 23.2 Å². The fourth-order valence-corrected chi connectivity index (χ4v) is 4.50. The highest BCUT2D eigenvalue weighted by Crippen LogP contribution is 2.35. The van der Waals surface area contributed by atoms with E-state index in [1.165, 1.54) is 30.2 Å². The molecule has 212 valence electrons. The zero-order valence-electron chi connectivity index (χ0n) is 21.9. The lowest BCUT2D eigenvalue weighted by molar-refractivity contribution is -0.137. The molecule has 0 aliphatic heterocycles. The minimum Gasteiger partial charge on any atom is -0.487 e. The first-order valence-electron chi connectivity index (χ1n) is 12.3. The molecular weight excluding hydrogens is 578 g/mol. The van der Waals surface area contributed by atoms with Crippen molar-refractivity contribution in [2.75, 3.05) is 18.5 Å². The zero-order valence-corrected chi connectivity index (χ0v) is 23.4. The Hall–Kier alpha value is -4.08. The zero-order chi connectivity index (χ0) is 29.7. The number of alkyl halides is 3. The third-order valence-corrected chi connectivity index (χ3v) is 7.00. The number of carbonyl (C=O) groups is 2. The normalized spacial score (nSPS) is 11.6. The molecule has 0 aliphatic carbocycles. The highest BCUT2D eigenvalue weighted by molar-refractivity contribution is 6.38. The molecule has 0 saturated heterocycles. The van der Waals surface area contributed by atoms with Crippen molar-refractivity contribution in [1.29, 1.82) is 0 Å². The number of aromatic nitrogens is 1. The molecule has 0 unspecified atom stereocenters. The molecule has 0 fully saturated rings. The average Bonchev–Trinajstić information content (AvgIpc) is 2.94. The number of benzene rings is 3. The Balaban J connectivity index is 1.38. The molecule has 11 heteroatoms. The summed E-state index contributed by atoms with van der Waals surface area (Å²) in [4.78, 5) is 30.8. The van der Waals surface area contributed by atoms with Gasteiger partial charge in [0, 0.05) is 29.1 Å². The van der Waals surface area contributed by atoms with Crippen LogP contribution < -0.4 is 15.0 Å². The van der Waals surface area contributed by atoms with E-state index in [9.17, 15) is 22.8 Å². The van der Waals surface area contributed by atoms with Gasteiger partial charge in [0.05, 0.1) is 34.0 Å². The van der Waals surface area contributed by atoms with Crippen molar-refractivity contribution in [3.05, 3.63) is 105 Å². The van der Waals surface area contributed by atoms with Gasteiger partial charge in [-0.3, -0.25) is 9.59 Å². The number of nitrogens with zero attached hydrogens (tertiary/aromatic N) is 2. The molecule has 1 N–H and O–H groups in total. The monoisotopic (exact) mass is 601 g/mol. The second kappa shape index (κ2) is 12.6. The van der Waals surface area contributed by atoms with Gasteiger partial charge < -0.3 is 15.0 Å². The predicted octanol–water partition coefficient (Wildman–Crippen LogP) is 7.24. The molecule has 0 spiro atoms. The van der Waals surface area contributed by atoms with Crippen LogP contribution in [0.5, 0.6) is 5.75 Å². The summed E-state index contributed by atoms with van der Waals surface area (Å²) < 4.78 is 44.1. The van der Waals surface area contributed by atoms with Crippen molar-refractivity contribution in [3.8, 4) is 5.75 Å². The first-order valence-corrected chi connectivity index (χ1v) is 13.1. The Morgan fingerprint density at radius 1 is 1.05 bits per heavy atom. The Labute approximate surface area is 244 Å². The number of aryl methyl sites for hydroxylation is 1. The molecule has 0 aliphatic rings. The number of hydrogen-bond donors (Lipinski definition) is 1. The van der Waals surface area contributed by atoms with Gasteiger partial charge in [-0.15, -0.1) is 0 Å². The summed E-state index contributed by atoms with van der Waals surface area (Å²) >= 11 is 13.0. The van der Waals surface area contributed by atoms with Gasteiger partial charge in [0.25, 0.3) is 0 Å². The van der Waals surface area contributed by atoms with E-state index in [0.29, 0.717) is 33.3 Å². The fourth-order valence-electron chi connectivity index (χ4n) is 3.90. The van der Waals surface area contributed by atoms with Gasteiger partial charge in [-0.25, -0.2) is 4.98 Å². The van der Waals surface area contributed by atoms with Crippen LogP contribution in [0.1, 0.15) is 22.4 Å². The number of rotatable bonds is 8. The molecule has 0 saturated carbocycles. The lowest BCUT2D eigenvalue weighted by Gasteiger charge is -2.21. The first-order chi connectivity index (χ1) is 19.4. The van der Waals surface area contributed by atoms with Gasteiger partial charge in [0.2, 0.25) is 11.8 Å². The topological polar surface area (TPSA) is 71.5 Å². The van der Waals surface area contributed by atoms with Crippen LogP contribution in [-0.2, 0) is 22.4 Å². The smallest absolute Gasteiger partial charge is 0.416 e. The number of para-hydroxylation sites is 1. The summed E-state index contributed by atoms with van der Waals surface area (Å²) in [5, 5.41) is 3.94. The number of pyridine rings is 1. The largest absolute Gasteiger partial charge is 0.487 e. The van der Waals surface area contributed by atoms with E-state index in [0.717, 1.165) is 29.1 Å². The fraction of sp³-hybridized carbons (Fsp3) is 0.167. The van der Waals surface area contributed by atoms with Crippen molar-refractivity contribution in [2.24, 2.45) is 0 Å². The van der Waals surface area contributed by atoms with E-state index < -0.39 is 23.6 Å². The third kappa shape index (κ3) is 7.36. The van der Waals surface area contributed by atoms with Gasteiger partial charge in [0.15, 0.2) is 0 Å². The number of amides is 2. The van der Waals surface area contributed by atoms with Gasteiger partial charge in [-0.1, -0.05) is 53.5 Å². The van der Waals surface area contributed by atoms with E-state index in [-0.39, 0.29) is 18.2 Å². The minimum absolute atomic E-state index is 0.0277. The molecule has 3 aromatic carbocycles. The van der Waals surface area contributed by atoms with E-state index in [1.807, 2.05) is 37.3 Å². The van der Waals surface area contributed by atoms with Gasteiger partial charge in [-0.2, -0.15) is 13.2 Å². The van der Waals surface area contributed by atoms with Gasteiger partial charge >= 0.3 is 6.18 Å². The Bertz CT molecular complexity index is 1620. The molecular formula is C30H24Cl2F3N3O3. The van der Waals surface area contributed by atoms with Gasteiger partial charge in [-0.05, 0) is 55.0 Å². The Kier molecular flexibility index (Phi) is 9.20. The quantitative estimate of drug-likeness (QED) is 0.216.